The minimum Gasteiger partial charge on any atom is -0.381 e. The lowest BCUT2D eigenvalue weighted by Gasteiger charge is -2.28. The van der Waals surface area contributed by atoms with E-state index in [2.05, 4.69) is 5.32 Å². The fourth-order valence-corrected chi connectivity index (χ4v) is 2.20. The monoisotopic (exact) mass is 228 g/mol. The van der Waals surface area contributed by atoms with Gasteiger partial charge in [-0.15, -0.1) is 0 Å². The Morgan fingerprint density at radius 3 is 2.94 bits per heavy atom. The van der Waals surface area contributed by atoms with Crippen LogP contribution in [0.2, 0.25) is 0 Å². The number of nitrogens with one attached hydrogen (secondary N) is 1. The van der Waals surface area contributed by atoms with Crippen LogP contribution in [0.15, 0.2) is 0 Å². The zero-order valence-corrected chi connectivity index (χ0v) is 10.7. The Balaban J connectivity index is 2.32. The van der Waals surface area contributed by atoms with E-state index < -0.39 is 0 Å². The maximum Gasteiger partial charge on any atom is 0.226 e. The van der Waals surface area contributed by atoms with Crippen LogP contribution in [0.1, 0.15) is 19.8 Å². The highest BCUT2D eigenvalue weighted by Gasteiger charge is 2.21. The normalized spacial score (nSPS) is 22.8. The summed E-state index contributed by atoms with van der Waals surface area (Å²) in [5, 5.41) is 3.03. The van der Waals surface area contributed by atoms with E-state index in [0.717, 1.165) is 32.7 Å². The summed E-state index contributed by atoms with van der Waals surface area (Å²) in [4.78, 5) is 13.8. The summed E-state index contributed by atoms with van der Waals surface area (Å²) in [6.45, 7) is 5.21. The average Bonchev–Trinajstić information content (AvgIpc) is 2.29. The van der Waals surface area contributed by atoms with E-state index in [1.165, 1.54) is 6.42 Å². The van der Waals surface area contributed by atoms with E-state index in [4.69, 9.17) is 4.74 Å². The van der Waals surface area contributed by atoms with E-state index >= 15 is 0 Å². The number of carbonyl (C=O) groups excluding carboxylic acids is 1. The van der Waals surface area contributed by atoms with Gasteiger partial charge in [-0.3, -0.25) is 4.79 Å². The molecule has 0 radical (unpaired) electrons. The molecule has 2 atom stereocenters. The summed E-state index contributed by atoms with van der Waals surface area (Å²) < 4.78 is 5.42. The molecular formula is C12H24N2O2. The van der Waals surface area contributed by atoms with Crippen molar-refractivity contribution >= 4 is 5.91 Å². The van der Waals surface area contributed by atoms with Gasteiger partial charge in [0.2, 0.25) is 5.91 Å². The molecule has 0 aromatic carbocycles. The van der Waals surface area contributed by atoms with Gasteiger partial charge in [0.1, 0.15) is 0 Å². The van der Waals surface area contributed by atoms with Crippen molar-refractivity contribution in [2.45, 2.75) is 19.8 Å². The van der Waals surface area contributed by atoms with Crippen LogP contribution < -0.4 is 5.32 Å². The molecule has 4 nitrogen and oxygen atoms in total. The largest absolute Gasteiger partial charge is 0.381 e. The van der Waals surface area contributed by atoms with Crippen molar-refractivity contribution in [2.75, 3.05) is 40.4 Å². The third-order valence-corrected chi connectivity index (χ3v) is 3.09. The molecule has 1 rings (SSSR count). The fourth-order valence-electron chi connectivity index (χ4n) is 2.20. The average molecular weight is 228 g/mol. The first kappa shape index (κ1) is 13.5. The molecule has 1 amide bonds. The molecule has 0 aromatic rings. The van der Waals surface area contributed by atoms with E-state index in [9.17, 15) is 4.79 Å². The standard InChI is InChI=1S/C12H24N2O2/c1-10(7-13-2)12(15)14(3)8-11-5-4-6-16-9-11/h10-11,13H,4-9H2,1-3H3. The van der Waals surface area contributed by atoms with Crippen molar-refractivity contribution < 1.29 is 9.53 Å². The maximum atomic E-state index is 12.0. The lowest BCUT2D eigenvalue weighted by Crippen LogP contribution is -2.40. The first-order valence-corrected chi connectivity index (χ1v) is 6.12. The van der Waals surface area contributed by atoms with E-state index in [1.54, 1.807) is 0 Å². The highest BCUT2D eigenvalue weighted by Crippen LogP contribution is 2.15. The summed E-state index contributed by atoms with van der Waals surface area (Å²) in [7, 11) is 3.77. The number of ether oxygens (including phenoxy) is 1. The lowest BCUT2D eigenvalue weighted by atomic mass is 10.0. The van der Waals surface area contributed by atoms with Crippen LogP contribution in [0, 0.1) is 11.8 Å². The highest BCUT2D eigenvalue weighted by molar-refractivity contribution is 5.78. The first-order chi connectivity index (χ1) is 7.65. The van der Waals surface area contributed by atoms with Crippen molar-refractivity contribution in [3.8, 4) is 0 Å². The second kappa shape index (κ2) is 6.86. The van der Waals surface area contributed by atoms with Gasteiger partial charge in [0.25, 0.3) is 0 Å². The first-order valence-electron chi connectivity index (χ1n) is 6.12. The fraction of sp³-hybridized carbons (Fsp3) is 0.917. The van der Waals surface area contributed by atoms with Crippen molar-refractivity contribution in [2.24, 2.45) is 11.8 Å². The minimum atomic E-state index is 0.0551. The van der Waals surface area contributed by atoms with Gasteiger partial charge in [-0.2, -0.15) is 0 Å². The molecule has 0 saturated carbocycles. The summed E-state index contributed by atoms with van der Waals surface area (Å²) in [5.41, 5.74) is 0. The van der Waals surface area contributed by atoms with Crippen molar-refractivity contribution in [1.29, 1.82) is 0 Å². The number of nitrogens with zero attached hydrogens (tertiary/aromatic N) is 1. The van der Waals surface area contributed by atoms with Gasteiger partial charge >= 0.3 is 0 Å². The van der Waals surface area contributed by atoms with Gasteiger partial charge in [0.05, 0.1) is 6.61 Å². The molecule has 0 bridgehead atoms. The zero-order valence-electron chi connectivity index (χ0n) is 10.7. The summed E-state index contributed by atoms with van der Waals surface area (Å²) >= 11 is 0. The molecule has 0 aliphatic carbocycles. The van der Waals surface area contributed by atoms with Crippen molar-refractivity contribution in [3.63, 3.8) is 0 Å². The molecule has 2 unspecified atom stereocenters. The van der Waals surface area contributed by atoms with Crippen molar-refractivity contribution in [1.82, 2.24) is 10.2 Å². The molecule has 94 valence electrons. The third-order valence-electron chi connectivity index (χ3n) is 3.09. The molecule has 1 saturated heterocycles. The van der Waals surface area contributed by atoms with Gasteiger partial charge < -0.3 is 15.0 Å². The van der Waals surface area contributed by atoms with E-state index in [0.29, 0.717) is 5.92 Å². The molecule has 1 fully saturated rings. The molecule has 1 aliphatic rings. The van der Waals surface area contributed by atoms with Crippen LogP contribution in [-0.2, 0) is 9.53 Å². The lowest BCUT2D eigenvalue weighted by molar-refractivity contribution is -0.134. The van der Waals surface area contributed by atoms with Crippen LogP contribution in [0.25, 0.3) is 0 Å². The summed E-state index contributed by atoms with van der Waals surface area (Å²) in [6.07, 6.45) is 2.30. The predicted octanol–water partition coefficient (Wildman–Crippen LogP) is 0.727. The molecule has 1 N–H and O–H groups in total. The van der Waals surface area contributed by atoms with Crippen LogP contribution in [0.5, 0.6) is 0 Å². The Bertz CT molecular complexity index is 215. The molecule has 0 spiro atoms. The SMILES string of the molecule is CNCC(C)C(=O)N(C)CC1CCCOC1. The van der Waals surface area contributed by atoms with E-state index in [-0.39, 0.29) is 11.8 Å². The summed E-state index contributed by atoms with van der Waals surface area (Å²) in [6, 6.07) is 0. The quantitative estimate of drug-likeness (QED) is 0.754. The second-order valence-corrected chi connectivity index (χ2v) is 4.76. The Morgan fingerprint density at radius 2 is 2.38 bits per heavy atom. The number of rotatable bonds is 5. The van der Waals surface area contributed by atoms with Gasteiger partial charge in [0, 0.05) is 32.7 Å². The zero-order chi connectivity index (χ0) is 12.0. The Kier molecular flexibility index (Phi) is 5.77. The smallest absolute Gasteiger partial charge is 0.226 e. The van der Waals surface area contributed by atoms with Gasteiger partial charge in [0.15, 0.2) is 0 Å². The van der Waals surface area contributed by atoms with Crippen LogP contribution in [-0.4, -0.2) is 51.2 Å². The molecule has 0 aromatic heterocycles. The summed E-state index contributed by atoms with van der Waals surface area (Å²) in [5.74, 6) is 0.795. The minimum absolute atomic E-state index is 0.0551. The third kappa shape index (κ3) is 4.10. The molecule has 1 aliphatic heterocycles. The number of hydrogen-bond acceptors (Lipinski definition) is 3. The van der Waals surface area contributed by atoms with Crippen LogP contribution in [0.4, 0.5) is 0 Å². The molecule has 16 heavy (non-hydrogen) atoms. The maximum absolute atomic E-state index is 12.0. The van der Waals surface area contributed by atoms with Gasteiger partial charge in [-0.05, 0) is 25.8 Å². The van der Waals surface area contributed by atoms with Crippen LogP contribution >= 0.6 is 0 Å². The highest BCUT2D eigenvalue weighted by atomic mass is 16.5. The Morgan fingerprint density at radius 1 is 1.62 bits per heavy atom. The second-order valence-electron chi connectivity index (χ2n) is 4.76. The predicted molar refractivity (Wildman–Crippen MR) is 64.3 cm³/mol. The Hall–Kier alpha value is -0.610. The number of amides is 1. The van der Waals surface area contributed by atoms with Gasteiger partial charge in [-0.25, -0.2) is 0 Å². The Labute approximate surface area is 98.3 Å². The van der Waals surface area contributed by atoms with Crippen LogP contribution in [0.3, 0.4) is 0 Å². The van der Waals surface area contributed by atoms with E-state index in [1.807, 2.05) is 25.9 Å². The molecule has 1 heterocycles. The molecule has 4 heteroatoms. The molecular weight excluding hydrogens is 204 g/mol. The van der Waals surface area contributed by atoms with Gasteiger partial charge in [-0.1, -0.05) is 6.92 Å². The van der Waals surface area contributed by atoms with Crippen molar-refractivity contribution in [3.05, 3.63) is 0 Å². The number of carbonyl (C=O) groups is 1. The number of hydrogen-bond donors (Lipinski definition) is 1. The topological polar surface area (TPSA) is 41.6 Å².